The van der Waals surface area contributed by atoms with Crippen LogP contribution in [-0.4, -0.2) is 101 Å². The number of carbonyl (C=O) groups excluding carboxylic acids is 4. The predicted octanol–water partition coefficient (Wildman–Crippen LogP) is 4.93. The number of hydrogen-bond donors (Lipinski definition) is 3. The Balaban J connectivity index is 0.000000161. The van der Waals surface area contributed by atoms with Gasteiger partial charge in [-0.1, -0.05) is 66.5 Å². The summed E-state index contributed by atoms with van der Waals surface area (Å²) in [7, 11) is -7.93. The monoisotopic (exact) mass is 1160 g/mol. The number of carbonyl (C=O) groups is 4. The van der Waals surface area contributed by atoms with Crippen LogP contribution in [0.1, 0.15) is 81.9 Å². The summed E-state index contributed by atoms with van der Waals surface area (Å²) >= 11 is 2.21. The molecule has 2 saturated heterocycles. The molecule has 2 amide bonds. The van der Waals surface area contributed by atoms with Crippen molar-refractivity contribution in [3.8, 4) is 0 Å². The zero-order valence-electron chi connectivity index (χ0n) is 44.3. The Kier molecular flexibility index (Phi) is 13.2. The number of aliphatic carboxylic acids is 2. The lowest BCUT2D eigenvalue weighted by Gasteiger charge is -2.54. The number of hydrogen-bond acceptors (Lipinski definition) is 15. The van der Waals surface area contributed by atoms with Gasteiger partial charge in [0.2, 0.25) is 11.8 Å². The Hall–Kier alpha value is -6.30. The molecule has 80 heavy (non-hydrogen) atoms. The second-order valence-corrected chi connectivity index (χ2v) is 29.0. The molecule has 7 heterocycles. The van der Waals surface area contributed by atoms with Crippen molar-refractivity contribution in [1.82, 2.24) is 14.4 Å². The van der Waals surface area contributed by atoms with E-state index in [-0.39, 0.29) is 44.1 Å². The number of aryl methyl sites for hydroxylation is 4. The van der Waals surface area contributed by atoms with Crippen molar-refractivity contribution in [1.29, 1.82) is 0 Å². The minimum atomic E-state index is -3.97. The van der Waals surface area contributed by atoms with Crippen LogP contribution in [0, 0.1) is 29.6 Å². The van der Waals surface area contributed by atoms with E-state index in [1.807, 2.05) is 49.5 Å². The first-order chi connectivity index (χ1) is 38.0. The number of allylic oxidation sites excluding steroid dienone is 1. The van der Waals surface area contributed by atoms with Gasteiger partial charge in [-0.05, 0) is 154 Å². The fourth-order valence-electron chi connectivity index (χ4n) is 13.9. The summed E-state index contributed by atoms with van der Waals surface area (Å²) in [5.41, 5.74) is 11.0. The van der Waals surface area contributed by atoms with Gasteiger partial charge in [0.05, 0.1) is 81.6 Å². The summed E-state index contributed by atoms with van der Waals surface area (Å²) in [6, 6.07) is 20.1. The average Bonchev–Trinajstić information content (AvgIpc) is 4.29. The van der Waals surface area contributed by atoms with E-state index in [9.17, 15) is 56.4 Å². The molecule has 22 heteroatoms. The minimum absolute atomic E-state index is 0.179. The number of nitrogens with zero attached hydrogens (tertiary/aromatic N) is 5. The molecule has 18 nitrogen and oxygen atoms in total. The number of β-lactam (4-membered cyclic amide) rings is 2. The molecule has 6 atom stereocenters. The third-order valence-corrected chi connectivity index (χ3v) is 24.5. The van der Waals surface area contributed by atoms with E-state index in [2.05, 4.69) is 17.3 Å². The fourth-order valence-corrected chi connectivity index (χ4v) is 20.6. The lowest BCUT2D eigenvalue weighted by molar-refractivity contribution is -0.302. The van der Waals surface area contributed by atoms with E-state index in [0.717, 1.165) is 86.7 Å². The molecule has 5 fully saturated rings. The van der Waals surface area contributed by atoms with Crippen LogP contribution in [0.15, 0.2) is 122 Å². The molecule has 0 spiro atoms. The number of carboxylic acid groups (broad SMARTS) is 2. The first-order valence-corrected chi connectivity index (χ1v) is 31.5. The Morgan fingerprint density at radius 1 is 0.700 bits per heavy atom. The molecule has 1 aromatic heterocycles. The summed E-state index contributed by atoms with van der Waals surface area (Å²) < 4.78 is 59.6. The largest absolute Gasteiger partial charge is 0.543 e. The van der Waals surface area contributed by atoms with Crippen molar-refractivity contribution in [2.75, 3.05) is 21.7 Å². The zero-order chi connectivity index (χ0) is 56.7. The molecule has 6 unspecified atom stereocenters. The Morgan fingerprint density at radius 3 is 1.56 bits per heavy atom. The molecular weight excluding hydrogens is 1100 g/mol. The number of carboxylic acids is 2. The van der Waals surface area contributed by atoms with Crippen molar-refractivity contribution >= 4 is 100 Å². The first-order valence-electron chi connectivity index (χ1n) is 26.9. The van der Waals surface area contributed by atoms with E-state index < -0.39 is 78.6 Å². The summed E-state index contributed by atoms with van der Waals surface area (Å²) in [5.74, 6) is -5.58. The third-order valence-electron chi connectivity index (χ3n) is 18.1. The number of aliphatic hydroxyl groups is 2. The molecule has 420 valence electrons. The number of aliphatic hydroxyl groups excluding tert-OH is 2. The zero-order valence-corrected chi connectivity index (χ0v) is 47.6. The molecular formula is C58H60N6O12S4-2. The molecule has 4 aromatic carbocycles. The van der Waals surface area contributed by atoms with Crippen LogP contribution < -0.4 is 24.6 Å². The van der Waals surface area contributed by atoms with Gasteiger partial charge < -0.3 is 40.3 Å². The maximum Gasteiger partial charge on any atom is 0.265 e. The maximum absolute atomic E-state index is 13.9. The number of benzene rings is 4. The summed E-state index contributed by atoms with van der Waals surface area (Å²) in [5, 5.41) is 46.0. The number of rotatable bonds is 16. The number of nitrogens with two attached hydrogens (primary N) is 1. The van der Waals surface area contributed by atoms with Crippen molar-refractivity contribution in [3.05, 3.63) is 129 Å². The van der Waals surface area contributed by atoms with Crippen molar-refractivity contribution in [3.63, 3.8) is 0 Å². The van der Waals surface area contributed by atoms with Crippen LogP contribution in [0.2, 0.25) is 0 Å². The standard InChI is InChI=1S/C32H37N3O6S2.C26H25N3O6S2/c1-18(33)16-32-13-10-31(11-14-32,12-15-32)9-8-20-6-7-24-26-21(20)4-3-5-22(26)34(43(24,40)41)17-23-27(30(38)39)35-28(37)25(19(2)36)29(35)42-23;1-14-8-10-27(12-14)11-9-16-6-7-20-22-17(16)4-3-5-18(22)28(37(20,34)35)13-19-23(26(32)33)29-24(31)21(15(2)30)25(29)36-19/h3-7,19,25,29,36H,1,8-17,33H2,2H3,(H,38,39);3-8,10,12,15,21,25,30H,9,11,13H2,1-2H3,(H,32,33)/p-2. The second kappa shape index (κ2) is 19.4. The predicted molar refractivity (Wildman–Crippen MR) is 300 cm³/mol. The quantitative estimate of drug-likeness (QED) is 0.111. The minimum Gasteiger partial charge on any atom is -0.543 e. The molecule has 5 aromatic rings. The van der Waals surface area contributed by atoms with E-state index in [4.69, 9.17) is 5.73 Å². The van der Waals surface area contributed by atoms with Crippen molar-refractivity contribution in [2.24, 2.45) is 28.4 Å². The van der Waals surface area contributed by atoms with Gasteiger partial charge in [0.25, 0.3) is 20.0 Å². The van der Waals surface area contributed by atoms with Gasteiger partial charge in [-0.25, -0.2) is 16.8 Å². The van der Waals surface area contributed by atoms with Crippen LogP contribution in [0.25, 0.3) is 21.5 Å². The Morgan fingerprint density at radius 2 is 1.15 bits per heavy atom. The molecule has 9 aliphatic rings. The SMILES string of the molecule is C=C(N)CC12CCC(CCc3ccc4c5c(cccc35)N(CC3=C(C(=O)[O-])N5C(=O)C(C(C)O)C5S3)S4(=O)=O)(CC1)CC2.Cc1ccn(CCc2ccc3c4c(cccc24)N(CC2=C(C(=O)[O-])N4C(=O)C(C(C)O)C4S2)S3(=O)=O)c1. The molecule has 6 aliphatic heterocycles. The smallest absolute Gasteiger partial charge is 0.265 e. The average molecular weight is 1160 g/mol. The van der Waals surface area contributed by atoms with Gasteiger partial charge in [-0.3, -0.25) is 28.0 Å². The van der Waals surface area contributed by atoms with Crippen LogP contribution in [0.5, 0.6) is 0 Å². The van der Waals surface area contributed by atoms with Crippen LogP contribution in [0.4, 0.5) is 11.4 Å². The van der Waals surface area contributed by atoms with E-state index >= 15 is 0 Å². The highest BCUT2D eigenvalue weighted by Gasteiger charge is 2.58. The summed E-state index contributed by atoms with van der Waals surface area (Å²) in [4.78, 5) is 52.4. The maximum atomic E-state index is 13.9. The number of anilines is 2. The highest BCUT2D eigenvalue weighted by atomic mass is 32.2. The van der Waals surface area contributed by atoms with Gasteiger partial charge in [-0.15, -0.1) is 0 Å². The normalized spacial score (nSPS) is 27.1. The number of aromatic nitrogens is 1. The molecule has 14 rings (SSSR count). The molecule has 4 N–H and O–H groups in total. The van der Waals surface area contributed by atoms with E-state index in [0.29, 0.717) is 39.4 Å². The number of thioether (sulfide) groups is 2. The number of fused-ring (bicyclic) bond motifs is 5. The van der Waals surface area contributed by atoms with Gasteiger partial charge >= 0.3 is 0 Å². The molecule has 0 radical (unpaired) electrons. The van der Waals surface area contributed by atoms with Crippen LogP contribution >= 0.6 is 23.5 Å². The number of amides is 2. The van der Waals surface area contributed by atoms with Crippen LogP contribution in [0.3, 0.4) is 0 Å². The van der Waals surface area contributed by atoms with Crippen molar-refractivity contribution < 1.29 is 56.4 Å². The topological polar surface area (TPSA) is 267 Å². The lowest BCUT2D eigenvalue weighted by atomic mass is 9.51. The molecule has 3 saturated carbocycles. The van der Waals surface area contributed by atoms with Gasteiger partial charge in [-0.2, -0.15) is 0 Å². The van der Waals surface area contributed by atoms with Gasteiger partial charge in [0.15, 0.2) is 0 Å². The molecule has 3 aliphatic carbocycles. The lowest BCUT2D eigenvalue weighted by Crippen LogP contribution is -2.61. The molecule has 2 bridgehead atoms. The second-order valence-electron chi connectivity index (χ2n) is 23.0. The third kappa shape index (κ3) is 8.47. The van der Waals surface area contributed by atoms with Crippen molar-refractivity contribution in [2.45, 2.75) is 124 Å². The first kappa shape index (κ1) is 54.3. The number of sulfonamides is 2. The Labute approximate surface area is 472 Å². The van der Waals surface area contributed by atoms with Gasteiger partial charge in [0.1, 0.15) is 10.7 Å². The summed E-state index contributed by atoms with van der Waals surface area (Å²) in [6.45, 7) is 9.23. The highest BCUT2D eigenvalue weighted by Crippen LogP contribution is 2.61. The fraction of sp³-hybridized carbons (Fsp3) is 0.414. The Bertz CT molecular complexity index is 3830. The van der Waals surface area contributed by atoms with E-state index in [1.165, 1.54) is 66.5 Å². The van der Waals surface area contributed by atoms with Gasteiger partial charge in [0, 0.05) is 45.2 Å². The highest BCUT2D eigenvalue weighted by molar-refractivity contribution is 8.04. The van der Waals surface area contributed by atoms with Crippen LogP contribution in [-0.2, 0) is 58.6 Å². The summed E-state index contributed by atoms with van der Waals surface area (Å²) in [6.07, 6.45) is 12.8. The van der Waals surface area contributed by atoms with E-state index in [1.54, 1.807) is 30.3 Å².